The van der Waals surface area contributed by atoms with Crippen molar-refractivity contribution in [3.05, 3.63) is 36.5 Å². The highest BCUT2D eigenvalue weighted by molar-refractivity contribution is 5.95. The number of hydrogen-bond acceptors (Lipinski definition) is 4. The molecule has 30 heavy (non-hydrogen) atoms. The molecule has 0 aromatic carbocycles. The Labute approximate surface area is 181 Å². The van der Waals surface area contributed by atoms with Crippen molar-refractivity contribution in [3.63, 3.8) is 0 Å². The van der Waals surface area contributed by atoms with Crippen molar-refractivity contribution in [1.29, 1.82) is 0 Å². The van der Waals surface area contributed by atoms with Crippen molar-refractivity contribution in [2.45, 2.75) is 89.9 Å². The third-order valence-corrected chi connectivity index (χ3v) is 5.74. The minimum Gasteiger partial charge on any atom is -0.481 e. The maximum atomic E-state index is 12.3. The molecule has 0 amide bonds. The topological polar surface area (TPSA) is 72.8 Å². The smallest absolute Gasteiger partial charge is 0.303 e. The number of ether oxygens (including phenoxy) is 2. The summed E-state index contributed by atoms with van der Waals surface area (Å²) in [5, 5.41) is 8.68. The fourth-order valence-corrected chi connectivity index (χ4v) is 3.93. The molecule has 0 saturated carbocycles. The predicted molar refractivity (Wildman–Crippen MR) is 118 cm³/mol. The van der Waals surface area contributed by atoms with Crippen molar-refractivity contribution in [1.82, 2.24) is 0 Å². The number of hydrogen-bond donors (Lipinski definition) is 1. The minimum absolute atomic E-state index is 0.0240. The quantitative estimate of drug-likeness (QED) is 0.293. The van der Waals surface area contributed by atoms with Crippen LogP contribution in [0.3, 0.4) is 0 Å². The van der Waals surface area contributed by atoms with E-state index in [1.54, 1.807) is 6.08 Å². The van der Waals surface area contributed by atoms with Crippen LogP contribution in [0.1, 0.15) is 77.6 Å². The van der Waals surface area contributed by atoms with Crippen LogP contribution in [0.2, 0.25) is 0 Å². The van der Waals surface area contributed by atoms with E-state index in [0.29, 0.717) is 12.8 Å². The van der Waals surface area contributed by atoms with Gasteiger partial charge in [-0.15, -0.1) is 0 Å². The van der Waals surface area contributed by atoms with Crippen LogP contribution in [0, 0.1) is 11.8 Å². The number of carboxylic acid groups (broad SMARTS) is 1. The molecule has 2 aliphatic rings. The molecule has 0 spiro atoms. The second-order valence-corrected chi connectivity index (χ2v) is 8.29. The fraction of sp³-hybridized carbons (Fsp3) is 0.680. The van der Waals surface area contributed by atoms with E-state index in [-0.39, 0.29) is 36.4 Å². The van der Waals surface area contributed by atoms with E-state index in [1.807, 2.05) is 18.2 Å². The first-order valence-corrected chi connectivity index (χ1v) is 11.6. The molecular weight excluding hydrogens is 380 g/mol. The van der Waals surface area contributed by atoms with Gasteiger partial charge in [0.2, 0.25) is 0 Å². The van der Waals surface area contributed by atoms with E-state index in [4.69, 9.17) is 14.6 Å². The third kappa shape index (κ3) is 9.40. The van der Waals surface area contributed by atoms with Crippen LogP contribution < -0.4 is 0 Å². The number of carboxylic acids is 1. The van der Waals surface area contributed by atoms with Crippen LogP contribution in [0.5, 0.6) is 0 Å². The van der Waals surface area contributed by atoms with E-state index < -0.39 is 5.97 Å². The maximum Gasteiger partial charge on any atom is 0.303 e. The molecule has 5 heteroatoms. The first-order chi connectivity index (χ1) is 14.6. The highest BCUT2D eigenvalue weighted by Gasteiger charge is 2.27. The lowest BCUT2D eigenvalue weighted by molar-refractivity contribution is -0.179. The number of unbranched alkanes of at least 4 members (excludes halogenated alkanes) is 3. The average Bonchev–Trinajstić information content (AvgIpc) is 3.09. The Balaban J connectivity index is 1.87. The van der Waals surface area contributed by atoms with Crippen LogP contribution >= 0.6 is 0 Å². The lowest BCUT2D eigenvalue weighted by Gasteiger charge is -2.27. The molecule has 1 aliphatic carbocycles. The molecule has 1 unspecified atom stereocenters. The average molecular weight is 419 g/mol. The Hall–Kier alpha value is -1.72. The Kier molecular flexibility index (Phi) is 11.7. The molecule has 1 saturated heterocycles. The summed E-state index contributed by atoms with van der Waals surface area (Å²) in [5.74, 6) is -0.582. The maximum absolute atomic E-state index is 12.3. The number of carbonyl (C=O) groups is 2. The Morgan fingerprint density at radius 1 is 1.30 bits per heavy atom. The molecule has 1 fully saturated rings. The molecule has 1 aliphatic heterocycles. The molecular formula is C25H38O5. The van der Waals surface area contributed by atoms with Gasteiger partial charge in [-0.3, -0.25) is 9.59 Å². The van der Waals surface area contributed by atoms with Crippen LogP contribution in [0.15, 0.2) is 36.5 Å². The van der Waals surface area contributed by atoms with Gasteiger partial charge >= 0.3 is 5.97 Å². The Morgan fingerprint density at radius 2 is 2.17 bits per heavy atom. The van der Waals surface area contributed by atoms with Crippen molar-refractivity contribution >= 4 is 11.8 Å². The number of aliphatic carboxylic acids is 1. The van der Waals surface area contributed by atoms with Gasteiger partial charge in [0.1, 0.15) is 0 Å². The van der Waals surface area contributed by atoms with Gasteiger partial charge < -0.3 is 14.6 Å². The lowest BCUT2D eigenvalue weighted by Crippen LogP contribution is -2.27. The zero-order valence-electron chi connectivity index (χ0n) is 18.3. The molecule has 2 rings (SSSR count). The van der Waals surface area contributed by atoms with Crippen molar-refractivity contribution in [2.75, 3.05) is 6.61 Å². The van der Waals surface area contributed by atoms with Gasteiger partial charge in [-0.05, 0) is 51.0 Å². The van der Waals surface area contributed by atoms with Gasteiger partial charge in [0, 0.05) is 24.9 Å². The van der Waals surface area contributed by atoms with Gasteiger partial charge in [0.25, 0.3) is 0 Å². The summed E-state index contributed by atoms with van der Waals surface area (Å²) in [6.07, 6.45) is 21.8. The van der Waals surface area contributed by atoms with Gasteiger partial charge in [-0.25, -0.2) is 0 Å². The lowest BCUT2D eigenvalue weighted by atomic mass is 9.90. The molecule has 0 bridgehead atoms. The number of allylic oxidation sites excluding steroid dienone is 5. The van der Waals surface area contributed by atoms with E-state index in [0.717, 1.165) is 45.1 Å². The standard InChI is InChI=1S/C25H38O5/c1-2-3-6-11-21(30-25-14-9-10-19-29-25)17-15-20-16-18-23(26)22(20)12-7-4-5-8-13-24(27)28/h4,7,15-18,20-22,25H,2-3,5-6,8-14,19H2,1H3,(H,27,28)/b7-4?,17-15+/t20-,21-,22+,25?/m0/s1. The van der Waals surface area contributed by atoms with Crippen LogP contribution in [0.4, 0.5) is 0 Å². The number of rotatable bonds is 14. The number of carbonyl (C=O) groups excluding carboxylic acids is 1. The SMILES string of the molecule is CCCCC[C@@H](/C=C/[C@H]1C=CC(=O)[C@@H]1CC=CCCCC(=O)O)OC1CCCCO1. The second kappa shape index (κ2) is 14.3. The van der Waals surface area contributed by atoms with E-state index in [2.05, 4.69) is 19.1 Å². The summed E-state index contributed by atoms with van der Waals surface area (Å²) < 4.78 is 12.0. The second-order valence-electron chi connectivity index (χ2n) is 8.29. The first kappa shape index (κ1) is 24.5. The van der Waals surface area contributed by atoms with Crippen molar-refractivity contribution in [3.8, 4) is 0 Å². The normalized spacial score (nSPS) is 25.5. The van der Waals surface area contributed by atoms with Gasteiger partial charge in [-0.1, -0.05) is 56.6 Å². The molecule has 0 aromatic heterocycles. The Morgan fingerprint density at radius 3 is 2.90 bits per heavy atom. The van der Waals surface area contributed by atoms with Crippen LogP contribution in [-0.2, 0) is 19.1 Å². The third-order valence-electron chi connectivity index (χ3n) is 5.74. The zero-order valence-corrected chi connectivity index (χ0v) is 18.3. The van der Waals surface area contributed by atoms with Crippen LogP contribution in [0.25, 0.3) is 0 Å². The van der Waals surface area contributed by atoms with E-state index >= 15 is 0 Å². The summed E-state index contributed by atoms with van der Waals surface area (Å²) in [6.45, 7) is 2.97. The molecule has 5 nitrogen and oxygen atoms in total. The molecule has 1 heterocycles. The summed E-state index contributed by atoms with van der Waals surface area (Å²) in [5.41, 5.74) is 0. The summed E-state index contributed by atoms with van der Waals surface area (Å²) in [4.78, 5) is 22.8. The highest BCUT2D eigenvalue weighted by Crippen LogP contribution is 2.28. The largest absolute Gasteiger partial charge is 0.481 e. The highest BCUT2D eigenvalue weighted by atomic mass is 16.7. The van der Waals surface area contributed by atoms with Gasteiger partial charge in [0.15, 0.2) is 12.1 Å². The molecule has 4 atom stereocenters. The minimum atomic E-state index is -0.766. The van der Waals surface area contributed by atoms with E-state index in [9.17, 15) is 9.59 Å². The first-order valence-electron chi connectivity index (χ1n) is 11.6. The van der Waals surface area contributed by atoms with Crippen LogP contribution in [-0.4, -0.2) is 35.9 Å². The van der Waals surface area contributed by atoms with Gasteiger partial charge in [0.05, 0.1) is 6.10 Å². The van der Waals surface area contributed by atoms with E-state index in [1.165, 1.54) is 12.8 Å². The summed E-state index contributed by atoms with van der Waals surface area (Å²) >= 11 is 0. The summed E-state index contributed by atoms with van der Waals surface area (Å²) in [6, 6.07) is 0. The molecule has 1 N–H and O–H groups in total. The predicted octanol–water partition coefficient (Wildman–Crippen LogP) is 5.61. The van der Waals surface area contributed by atoms with Gasteiger partial charge in [-0.2, -0.15) is 0 Å². The van der Waals surface area contributed by atoms with Crippen molar-refractivity contribution in [2.24, 2.45) is 11.8 Å². The molecule has 0 radical (unpaired) electrons. The zero-order chi connectivity index (χ0) is 21.6. The number of ketones is 1. The molecule has 0 aromatic rings. The monoisotopic (exact) mass is 418 g/mol. The summed E-state index contributed by atoms with van der Waals surface area (Å²) in [7, 11) is 0. The van der Waals surface area contributed by atoms with Crippen molar-refractivity contribution < 1.29 is 24.2 Å². The fourth-order valence-electron chi connectivity index (χ4n) is 3.93. The Bertz CT molecular complexity index is 601. The molecule has 168 valence electrons.